The fourth-order valence-electron chi connectivity index (χ4n) is 2.63. The number of carbonyl (C=O) groups is 1. The van der Waals surface area contributed by atoms with Crippen molar-refractivity contribution in [1.82, 2.24) is 9.80 Å². The Kier molecular flexibility index (Phi) is 3.29. The number of fused-ring (bicyclic) bond motifs is 1. The monoisotopic (exact) mass is 260 g/mol. The number of para-hydroxylation sites is 1. The minimum Gasteiger partial charge on any atom is -0.382 e. The lowest BCUT2D eigenvalue weighted by Gasteiger charge is -2.33. The average molecular weight is 260 g/mol. The Hall–Kier alpha value is -1.75. The molecule has 1 amide bonds. The van der Waals surface area contributed by atoms with E-state index in [2.05, 4.69) is 22.6 Å². The predicted molar refractivity (Wildman–Crippen MR) is 76.8 cm³/mol. The number of amides is 1. The van der Waals surface area contributed by atoms with Crippen LogP contribution in [0.25, 0.3) is 0 Å². The summed E-state index contributed by atoms with van der Waals surface area (Å²) in [6.07, 6.45) is 0. The summed E-state index contributed by atoms with van der Waals surface area (Å²) in [4.78, 5) is 16.8. The molecule has 1 fully saturated rings. The number of anilines is 2. The van der Waals surface area contributed by atoms with Gasteiger partial charge in [0, 0.05) is 39.3 Å². The molecular weight excluding hydrogens is 240 g/mol. The molecule has 0 atom stereocenters. The lowest BCUT2D eigenvalue weighted by atomic mass is 10.1. The van der Waals surface area contributed by atoms with E-state index in [0.717, 1.165) is 56.2 Å². The quantitative estimate of drug-likeness (QED) is 0.788. The molecule has 2 heterocycles. The molecule has 0 aliphatic carbocycles. The maximum absolute atomic E-state index is 12.6. The van der Waals surface area contributed by atoms with Crippen LogP contribution in [-0.4, -0.2) is 62.0 Å². The number of benzene rings is 1. The Balaban J connectivity index is 1.83. The van der Waals surface area contributed by atoms with Crippen LogP contribution in [0, 0.1) is 0 Å². The third-order valence-corrected chi connectivity index (χ3v) is 3.83. The van der Waals surface area contributed by atoms with Gasteiger partial charge in [-0.3, -0.25) is 4.79 Å². The highest BCUT2D eigenvalue weighted by molar-refractivity contribution is 6.02. The van der Waals surface area contributed by atoms with E-state index >= 15 is 0 Å². The molecule has 0 saturated carbocycles. The topological polar surface area (TPSA) is 47.6 Å². The molecule has 19 heavy (non-hydrogen) atoms. The van der Waals surface area contributed by atoms with E-state index in [0.29, 0.717) is 0 Å². The lowest BCUT2D eigenvalue weighted by Crippen LogP contribution is -2.47. The fraction of sp³-hybridized carbons (Fsp3) is 0.500. The van der Waals surface area contributed by atoms with E-state index in [1.165, 1.54) is 0 Å². The summed E-state index contributed by atoms with van der Waals surface area (Å²) in [5.41, 5.74) is 2.78. The van der Waals surface area contributed by atoms with Crippen LogP contribution < -0.4 is 10.6 Å². The van der Waals surface area contributed by atoms with Crippen LogP contribution in [0.15, 0.2) is 18.2 Å². The third kappa shape index (κ3) is 2.38. The van der Waals surface area contributed by atoms with Crippen LogP contribution in [0.1, 0.15) is 10.4 Å². The normalized spacial score (nSPS) is 19.3. The van der Waals surface area contributed by atoms with Crippen LogP contribution in [-0.2, 0) is 0 Å². The van der Waals surface area contributed by atoms with Crippen molar-refractivity contribution in [2.24, 2.45) is 0 Å². The van der Waals surface area contributed by atoms with Gasteiger partial charge in [-0.05, 0) is 19.2 Å². The van der Waals surface area contributed by atoms with Crippen molar-refractivity contribution in [3.05, 3.63) is 23.8 Å². The largest absolute Gasteiger partial charge is 0.382 e. The number of hydrogen-bond acceptors (Lipinski definition) is 4. The number of nitrogens with zero attached hydrogens (tertiary/aromatic N) is 2. The van der Waals surface area contributed by atoms with Gasteiger partial charge >= 0.3 is 0 Å². The molecule has 5 nitrogen and oxygen atoms in total. The molecule has 3 rings (SSSR count). The average Bonchev–Trinajstić information content (AvgIpc) is 2.47. The van der Waals surface area contributed by atoms with Gasteiger partial charge in [0.25, 0.3) is 5.91 Å². The van der Waals surface area contributed by atoms with Gasteiger partial charge in [-0.2, -0.15) is 0 Å². The highest BCUT2D eigenvalue weighted by atomic mass is 16.2. The van der Waals surface area contributed by atoms with Crippen molar-refractivity contribution in [3.63, 3.8) is 0 Å². The Labute approximate surface area is 113 Å². The van der Waals surface area contributed by atoms with Gasteiger partial charge in [0.1, 0.15) is 0 Å². The summed E-state index contributed by atoms with van der Waals surface area (Å²) in [7, 11) is 2.09. The molecule has 1 aromatic rings. The van der Waals surface area contributed by atoms with E-state index in [1.54, 1.807) is 0 Å². The molecular formula is C14H20N4O. The van der Waals surface area contributed by atoms with E-state index < -0.39 is 0 Å². The van der Waals surface area contributed by atoms with Crippen molar-refractivity contribution >= 4 is 17.3 Å². The molecule has 1 saturated heterocycles. The van der Waals surface area contributed by atoms with Crippen molar-refractivity contribution in [2.45, 2.75) is 0 Å². The first-order valence-corrected chi connectivity index (χ1v) is 6.84. The second kappa shape index (κ2) is 5.09. The summed E-state index contributed by atoms with van der Waals surface area (Å²) in [5.74, 6) is 0.140. The number of likely N-dealkylation sites (N-methyl/N-ethyl adjacent to an activating group) is 1. The molecule has 0 unspecified atom stereocenters. The predicted octanol–water partition coefficient (Wildman–Crippen LogP) is 0.912. The van der Waals surface area contributed by atoms with Gasteiger partial charge < -0.3 is 20.4 Å². The van der Waals surface area contributed by atoms with E-state index in [-0.39, 0.29) is 5.91 Å². The van der Waals surface area contributed by atoms with Gasteiger partial charge in [-0.1, -0.05) is 6.07 Å². The zero-order chi connectivity index (χ0) is 13.2. The van der Waals surface area contributed by atoms with Crippen LogP contribution in [0.5, 0.6) is 0 Å². The van der Waals surface area contributed by atoms with E-state index in [4.69, 9.17) is 0 Å². The number of nitrogens with one attached hydrogen (secondary N) is 2. The molecule has 2 aliphatic rings. The SMILES string of the molecule is CN1CCN(C(=O)c2cccc3c2NCCN3)CC1. The minimum absolute atomic E-state index is 0.140. The van der Waals surface area contributed by atoms with Crippen LogP contribution in [0.3, 0.4) is 0 Å². The number of rotatable bonds is 1. The van der Waals surface area contributed by atoms with E-state index in [1.807, 2.05) is 23.1 Å². The van der Waals surface area contributed by atoms with Crippen LogP contribution >= 0.6 is 0 Å². The minimum atomic E-state index is 0.140. The smallest absolute Gasteiger partial charge is 0.256 e. The first-order chi connectivity index (χ1) is 9.25. The molecule has 102 valence electrons. The molecule has 2 aliphatic heterocycles. The van der Waals surface area contributed by atoms with Crippen LogP contribution in [0.2, 0.25) is 0 Å². The zero-order valence-corrected chi connectivity index (χ0v) is 11.3. The number of piperazine rings is 1. The summed E-state index contributed by atoms with van der Waals surface area (Å²) in [6, 6.07) is 5.88. The number of carbonyl (C=O) groups excluding carboxylic acids is 1. The summed E-state index contributed by atoms with van der Waals surface area (Å²) in [5, 5.41) is 6.67. The molecule has 5 heteroatoms. The van der Waals surface area contributed by atoms with Crippen LogP contribution in [0.4, 0.5) is 11.4 Å². The Bertz CT molecular complexity index is 480. The molecule has 1 aromatic carbocycles. The van der Waals surface area contributed by atoms with Crippen molar-refractivity contribution in [1.29, 1.82) is 0 Å². The van der Waals surface area contributed by atoms with Gasteiger partial charge in [0.05, 0.1) is 16.9 Å². The lowest BCUT2D eigenvalue weighted by molar-refractivity contribution is 0.0665. The molecule has 0 aromatic heterocycles. The maximum Gasteiger partial charge on any atom is 0.256 e. The maximum atomic E-state index is 12.6. The first kappa shape index (κ1) is 12.3. The molecule has 0 spiro atoms. The second-order valence-corrected chi connectivity index (χ2v) is 5.18. The summed E-state index contributed by atoms with van der Waals surface area (Å²) < 4.78 is 0. The summed E-state index contributed by atoms with van der Waals surface area (Å²) >= 11 is 0. The van der Waals surface area contributed by atoms with Gasteiger partial charge in [0.15, 0.2) is 0 Å². The Morgan fingerprint density at radius 3 is 2.63 bits per heavy atom. The molecule has 0 bridgehead atoms. The van der Waals surface area contributed by atoms with Crippen molar-refractivity contribution in [3.8, 4) is 0 Å². The summed E-state index contributed by atoms with van der Waals surface area (Å²) in [6.45, 7) is 5.29. The highest BCUT2D eigenvalue weighted by Gasteiger charge is 2.24. The second-order valence-electron chi connectivity index (χ2n) is 5.18. The van der Waals surface area contributed by atoms with Gasteiger partial charge in [-0.25, -0.2) is 0 Å². The fourth-order valence-corrected chi connectivity index (χ4v) is 2.63. The van der Waals surface area contributed by atoms with Crippen molar-refractivity contribution < 1.29 is 4.79 Å². The van der Waals surface area contributed by atoms with Gasteiger partial charge in [0.2, 0.25) is 0 Å². The Morgan fingerprint density at radius 1 is 1.11 bits per heavy atom. The van der Waals surface area contributed by atoms with Crippen molar-refractivity contribution in [2.75, 3.05) is 56.9 Å². The zero-order valence-electron chi connectivity index (χ0n) is 11.3. The van der Waals surface area contributed by atoms with Gasteiger partial charge in [-0.15, -0.1) is 0 Å². The third-order valence-electron chi connectivity index (χ3n) is 3.83. The molecule has 2 N–H and O–H groups in total. The number of hydrogen-bond donors (Lipinski definition) is 2. The Morgan fingerprint density at radius 2 is 1.84 bits per heavy atom. The molecule has 0 radical (unpaired) electrons. The first-order valence-electron chi connectivity index (χ1n) is 6.84. The van der Waals surface area contributed by atoms with E-state index in [9.17, 15) is 4.79 Å². The highest BCUT2D eigenvalue weighted by Crippen LogP contribution is 2.29. The standard InChI is InChI=1S/C14H20N4O/c1-17-7-9-18(10-8-17)14(19)11-3-2-4-12-13(11)16-6-5-15-12/h2-4,15-16H,5-10H2,1H3.